The van der Waals surface area contributed by atoms with E-state index in [1.54, 1.807) is 0 Å². The van der Waals surface area contributed by atoms with Gasteiger partial charge in [-0.2, -0.15) is 0 Å². The molecule has 2 heterocycles. The smallest absolute Gasteiger partial charge is 0.0334 e. The van der Waals surface area contributed by atoms with Crippen LogP contribution in [0.2, 0.25) is 0 Å². The van der Waals surface area contributed by atoms with Crippen LogP contribution in [0.5, 0.6) is 0 Å². The molecule has 1 aliphatic heterocycles. The van der Waals surface area contributed by atoms with Crippen molar-refractivity contribution in [1.29, 1.82) is 0 Å². The quantitative estimate of drug-likeness (QED) is 0.884. The zero-order chi connectivity index (χ0) is 13.9. The predicted molar refractivity (Wildman–Crippen MR) is 84.7 cm³/mol. The average Bonchev–Trinajstić information content (AvgIpc) is 2.92. The zero-order valence-corrected chi connectivity index (χ0v) is 13.6. The lowest BCUT2D eigenvalue weighted by molar-refractivity contribution is 0.0164. The van der Waals surface area contributed by atoms with Gasteiger partial charge in [-0.15, -0.1) is 11.3 Å². The monoisotopic (exact) mass is 280 g/mol. The Morgan fingerprint density at radius 1 is 1.42 bits per heavy atom. The Balaban J connectivity index is 2.15. The van der Waals surface area contributed by atoms with Gasteiger partial charge in [0.15, 0.2) is 0 Å². The van der Waals surface area contributed by atoms with Crippen molar-refractivity contribution in [3.63, 3.8) is 0 Å². The Hall–Kier alpha value is -0.380. The Kier molecular flexibility index (Phi) is 5.04. The summed E-state index contributed by atoms with van der Waals surface area (Å²) in [5.74, 6) is 0.706. The summed E-state index contributed by atoms with van der Waals surface area (Å²) in [5, 5.41) is 5.97. The predicted octanol–water partition coefficient (Wildman–Crippen LogP) is 3.74. The number of nitrogens with one attached hydrogen (secondary N) is 1. The molecule has 1 fully saturated rings. The number of hydrogen-bond donors (Lipinski definition) is 1. The van der Waals surface area contributed by atoms with Crippen LogP contribution in [0.1, 0.15) is 45.4 Å². The SMILES string of the molecule is CCC1(CC)CNC(C(C)C)CN1Cc1cccs1. The third-order valence-corrected chi connectivity index (χ3v) is 5.69. The normalized spacial score (nSPS) is 23.9. The molecule has 1 atom stereocenters. The second kappa shape index (κ2) is 6.38. The molecule has 3 heteroatoms. The van der Waals surface area contributed by atoms with Crippen LogP contribution < -0.4 is 5.32 Å². The van der Waals surface area contributed by atoms with Crippen LogP contribution in [-0.2, 0) is 6.54 Å². The van der Waals surface area contributed by atoms with E-state index in [9.17, 15) is 0 Å². The van der Waals surface area contributed by atoms with Crippen molar-refractivity contribution < 1.29 is 0 Å². The highest BCUT2D eigenvalue weighted by Crippen LogP contribution is 2.30. The van der Waals surface area contributed by atoms with E-state index in [-0.39, 0.29) is 0 Å². The lowest BCUT2D eigenvalue weighted by atomic mass is 9.85. The molecule has 1 aromatic heterocycles. The van der Waals surface area contributed by atoms with Crippen molar-refractivity contribution >= 4 is 11.3 Å². The molecule has 1 N–H and O–H groups in total. The van der Waals surface area contributed by atoms with Crippen molar-refractivity contribution in [2.75, 3.05) is 13.1 Å². The van der Waals surface area contributed by atoms with Crippen LogP contribution in [0.4, 0.5) is 0 Å². The minimum Gasteiger partial charge on any atom is -0.311 e. The highest BCUT2D eigenvalue weighted by molar-refractivity contribution is 7.09. The van der Waals surface area contributed by atoms with Crippen molar-refractivity contribution in [2.45, 2.75) is 58.7 Å². The third kappa shape index (κ3) is 3.21. The van der Waals surface area contributed by atoms with E-state index >= 15 is 0 Å². The maximum absolute atomic E-state index is 3.78. The largest absolute Gasteiger partial charge is 0.311 e. The minimum atomic E-state index is 0.343. The fourth-order valence-electron chi connectivity index (χ4n) is 3.15. The van der Waals surface area contributed by atoms with Crippen LogP contribution in [0.3, 0.4) is 0 Å². The maximum Gasteiger partial charge on any atom is 0.0334 e. The first kappa shape index (κ1) is 15.0. The fourth-order valence-corrected chi connectivity index (χ4v) is 3.86. The summed E-state index contributed by atoms with van der Waals surface area (Å²) in [4.78, 5) is 4.23. The van der Waals surface area contributed by atoms with Crippen molar-refractivity contribution in [3.05, 3.63) is 22.4 Å². The molecule has 0 aromatic carbocycles. The molecule has 0 amide bonds. The molecule has 1 aliphatic rings. The van der Waals surface area contributed by atoms with E-state index < -0.39 is 0 Å². The van der Waals surface area contributed by atoms with Gasteiger partial charge in [0.05, 0.1) is 0 Å². The molecular weight excluding hydrogens is 252 g/mol. The van der Waals surface area contributed by atoms with Crippen LogP contribution in [0.15, 0.2) is 17.5 Å². The van der Waals surface area contributed by atoms with E-state index in [0.717, 1.165) is 13.1 Å². The summed E-state index contributed by atoms with van der Waals surface area (Å²) in [6.07, 6.45) is 2.46. The highest BCUT2D eigenvalue weighted by Gasteiger charge is 2.39. The lowest BCUT2D eigenvalue weighted by Crippen LogP contribution is -2.64. The summed E-state index contributed by atoms with van der Waals surface area (Å²) in [7, 11) is 0. The molecule has 1 saturated heterocycles. The van der Waals surface area contributed by atoms with Crippen LogP contribution >= 0.6 is 11.3 Å². The summed E-state index contributed by atoms with van der Waals surface area (Å²) < 4.78 is 0. The second-order valence-corrected chi connectivity index (χ2v) is 7.15. The van der Waals surface area contributed by atoms with Gasteiger partial charge in [-0.25, -0.2) is 0 Å². The Morgan fingerprint density at radius 3 is 2.68 bits per heavy atom. The van der Waals surface area contributed by atoms with Gasteiger partial charge in [-0.1, -0.05) is 33.8 Å². The first-order chi connectivity index (χ1) is 9.11. The van der Waals surface area contributed by atoms with Gasteiger partial charge in [-0.3, -0.25) is 4.90 Å². The topological polar surface area (TPSA) is 15.3 Å². The molecule has 0 radical (unpaired) electrons. The van der Waals surface area contributed by atoms with Gasteiger partial charge in [0, 0.05) is 36.1 Å². The van der Waals surface area contributed by atoms with Crippen LogP contribution in [0, 0.1) is 5.92 Å². The van der Waals surface area contributed by atoms with Crippen LogP contribution in [-0.4, -0.2) is 29.6 Å². The van der Waals surface area contributed by atoms with E-state index in [2.05, 4.69) is 55.4 Å². The second-order valence-electron chi connectivity index (χ2n) is 6.12. The van der Waals surface area contributed by atoms with Gasteiger partial charge in [0.25, 0.3) is 0 Å². The molecule has 1 aromatic rings. The highest BCUT2D eigenvalue weighted by atomic mass is 32.1. The molecule has 19 heavy (non-hydrogen) atoms. The van der Waals surface area contributed by atoms with E-state index in [0.29, 0.717) is 17.5 Å². The molecule has 2 rings (SSSR count). The lowest BCUT2D eigenvalue weighted by Gasteiger charge is -2.50. The molecule has 0 spiro atoms. The summed E-state index contributed by atoms with van der Waals surface area (Å²) in [6, 6.07) is 5.07. The summed E-state index contributed by atoms with van der Waals surface area (Å²) in [6.45, 7) is 12.7. The Labute approximate surface area is 122 Å². The van der Waals surface area contributed by atoms with Gasteiger partial charge in [0.2, 0.25) is 0 Å². The first-order valence-electron chi connectivity index (χ1n) is 7.62. The zero-order valence-electron chi connectivity index (χ0n) is 12.8. The number of rotatable bonds is 5. The molecule has 0 saturated carbocycles. The number of hydrogen-bond acceptors (Lipinski definition) is 3. The van der Waals surface area contributed by atoms with E-state index in [1.165, 1.54) is 24.3 Å². The van der Waals surface area contributed by atoms with Gasteiger partial charge in [-0.05, 0) is 30.2 Å². The number of piperazine rings is 1. The number of nitrogens with zero attached hydrogens (tertiary/aromatic N) is 1. The van der Waals surface area contributed by atoms with Crippen molar-refractivity contribution in [3.8, 4) is 0 Å². The Morgan fingerprint density at radius 2 is 2.16 bits per heavy atom. The number of thiophene rings is 1. The summed E-state index contributed by atoms with van der Waals surface area (Å²) in [5.41, 5.74) is 0.343. The Bertz CT molecular complexity index is 368. The molecule has 2 nitrogen and oxygen atoms in total. The van der Waals surface area contributed by atoms with E-state index in [4.69, 9.17) is 0 Å². The van der Waals surface area contributed by atoms with Gasteiger partial charge >= 0.3 is 0 Å². The van der Waals surface area contributed by atoms with Gasteiger partial charge in [0.1, 0.15) is 0 Å². The molecule has 0 aliphatic carbocycles. The fraction of sp³-hybridized carbons (Fsp3) is 0.750. The van der Waals surface area contributed by atoms with Crippen molar-refractivity contribution in [1.82, 2.24) is 10.2 Å². The standard InChI is InChI=1S/C16H28N2S/c1-5-16(6-2)12-17-15(13(3)4)11-18(16)10-14-8-7-9-19-14/h7-9,13,15,17H,5-6,10-12H2,1-4H3. The average molecular weight is 280 g/mol. The molecule has 1 unspecified atom stereocenters. The third-order valence-electron chi connectivity index (χ3n) is 4.83. The minimum absolute atomic E-state index is 0.343. The molecule has 108 valence electrons. The molecular formula is C16H28N2S. The first-order valence-corrected chi connectivity index (χ1v) is 8.50. The molecule has 0 bridgehead atoms. The maximum atomic E-state index is 3.78. The van der Waals surface area contributed by atoms with E-state index in [1.807, 2.05) is 11.3 Å². The van der Waals surface area contributed by atoms with Crippen LogP contribution in [0.25, 0.3) is 0 Å². The summed E-state index contributed by atoms with van der Waals surface area (Å²) >= 11 is 1.89. The van der Waals surface area contributed by atoms with Crippen molar-refractivity contribution in [2.24, 2.45) is 5.92 Å². The van der Waals surface area contributed by atoms with Gasteiger partial charge < -0.3 is 5.32 Å².